The molecule has 0 aromatic heterocycles. The highest BCUT2D eigenvalue weighted by Gasteiger charge is 2.15. The van der Waals surface area contributed by atoms with Crippen LogP contribution in [0.15, 0.2) is 29.3 Å². The van der Waals surface area contributed by atoms with Crippen molar-refractivity contribution in [3.8, 4) is 0 Å². The van der Waals surface area contributed by atoms with Gasteiger partial charge in [-0.05, 0) is 24.0 Å². The summed E-state index contributed by atoms with van der Waals surface area (Å²) < 4.78 is 11.0. The highest BCUT2D eigenvalue weighted by molar-refractivity contribution is 5.79. The van der Waals surface area contributed by atoms with Crippen molar-refractivity contribution in [1.82, 2.24) is 15.5 Å². The van der Waals surface area contributed by atoms with E-state index in [1.807, 2.05) is 0 Å². The van der Waals surface area contributed by atoms with Crippen LogP contribution in [0.5, 0.6) is 0 Å². The number of benzene rings is 1. The van der Waals surface area contributed by atoms with Crippen LogP contribution >= 0.6 is 0 Å². The van der Waals surface area contributed by atoms with Crippen molar-refractivity contribution in [2.75, 3.05) is 46.5 Å². The van der Waals surface area contributed by atoms with Gasteiger partial charge in [-0.15, -0.1) is 0 Å². The number of hydrogen-bond donors (Lipinski definition) is 2. The minimum Gasteiger partial charge on any atom is -0.379 e. The molecule has 1 aromatic carbocycles. The van der Waals surface area contributed by atoms with Crippen LogP contribution in [0, 0.1) is 0 Å². The summed E-state index contributed by atoms with van der Waals surface area (Å²) >= 11 is 0. The van der Waals surface area contributed by atoms with Gasteiger partial charge in [-0.3, -0.25) is 9.89 Å². The average molecular weight is 346 g/mol. The van der Waals surface area contributed by atoms with Gasteiger partial charge < -0.3 is 20.1 Å². The normalized spacial score (nSPS) is 22.1. The van der Waals surface area contributed by atoms with Gasteiger partial charge in [-0.2, -0.15) is 0 Å². The first kappa shape index (κ1) is 18.2. The first-order valence-electron chi connectivity index (χ1n) is 9.27. The molecule has 6 nitrogen and oxygen atoms in total. The zero-order chi connectivity index (χ0) is 17.3. The molecule has 2 fully saturated rings. The van der Waals surface area contributed by atoms with Crippen LogP contribution in [-0.4, -0.2) is 63.5 Å². The molecule has 0 aliphatic carbocycles. The van der Waals surface area contributed by atoms with E-state index in [9.17, 15) is 0 Å². The number of rotatable bonds is 6. The molecule has 2 N–H and O–H groups in total. The van der Waals surface area contributed by atoms with E-state index in [4.69, 9.17) is 9.47 Å². The Morgan fingerprint density at radius 2 is 1.88 bits per heavy atom. The monoisotopic (exact) mass is 346 g/mol. The molecule has 1 atom stereocenters. The molecule has 25 heavy (non-hydrogen) atoms. The second kappa shape index (κ2) is 9.75. The Morgan fingerprint density at radius 1 is 1.12 bits per heavy atom. The molecular weight excluding hydrogens is 316 g/mol. The summed E-state index contributed by atoms with van der Waals surface area (Å²) in [5.41, 5.74) is 2.61. The van der Waals surface area contributed by atoms with E-state index < -0.39 is 0 Å². The average Bonchev–Trinajstić information content (AvgIpc) is 3.18. The van der Waals surface area contributed by atoms with Gasteiger partial charge in [-0.1, -0.05) is 24.3 Å². The minimum atomic E-state index is 0.318. The maximum atomic E-state index is 5.63. The van der Waals surface area contributed by atoms with Crippen LogP contribution in [0.1, 0.15) is 24.0 Å². The lowest BCUT2D eigenvalue weighted by molar-refractivity contribution is 0.0342. The van der Waals surface area contributed by atoms with Gasteiger partial charge in [0.25, 0.3) is 0 Å². The van der Waals surface area contributed by atoms with Crippen molar-refractivity contribution in [2.45, 2.75) is 32.0 Å². The molecule has 2 aliphatic heterocycles. The van der Waals surface area contributed by atoms with Gasteiger partial charge in [0.15, 0.2) is 5.96 Å². The molecule has 138 valence electrons. The van der Waals surface area contributed by atoms with Crippen molar-refractivity contribution < 1.29 is 9.47 Å². The van der Waals surface area contributed by atoms with Gasteiger partial charge in [-0.25, -0.2) is 0 Å². The SMILES string of the molecule is CN=C(NCc1ccc(CN2CCOCC2)cc1)NCC1CCCO1. The van der Waals surface area contributed by atoms with Crippen molar-refractivity contribution in [2.24, 2.45) is 4.99 Å². The Bertz CT molecular complexity index is 535. The Labute approximate surface area is 150 Å². The Hall–Kier alpha value is -1.63. The number of guanidine groups is 1. The van der Waals surface area contributed by atoms with Crippen LogP contribution in [0.2, 0.25) is 0 Å². The maximum absolute atomic E-state index is 5.63. The fraction of sp³-hybridized carbons (Fsp3) is 0.632. The molecule has 3 rings (SSSR count). The topological polar surface area (TPSA) is 58.1 Å². The van der Waals surface area contributed by atoms with Crippen LogP contribution in [-0.2, 0) is 22.6 Å². The van der Waals surface area contributed by atoms with E-state index >= 15 is 0 Å². The van der Waals surface area contributed by atoms with E-state index in [0.717, 1.165) is 71.3 Å². The highest BCUT2D eigenvalue weighted by atomic mass is 16.5. The molecule has 0 spiro atoms. The lowest BCUT2D eigenvalue weighted by Crippen LogP contribution is -2.40. The van der Waals surface area contributed by atoms with Gasteiger partial charge in [0.1, 0.15) is 0 Å². The summed E-state index contributed by atoms with van der Waals surface area (Å²) in [5, 5.41) is 6.71. The van der Waals surface area contributed by atoms with Crippen molar-refractivity contribution in [3.05, 3.63) is 35.4 Å². The summed E-state index contributed by atoms with van der Waals surface area (Å²) in [6.45, 7) is 7.21. The predicted octanol–water partition coefficient (Wildman–Crippen LogP) is 1.36. The van der Waals surface area contributed by atoms with Crippen molar-refractivity contribution in [3.63, 3.8) is 0 Å². The molecule has 0 radical (unpaired) electrons. The van der Waals surface area contributed by atoms with Crippen molar-refractivity contribution >= 4 is 5.96 Å². The lowest BCUT2D eigenvalue weighted by Gasteiger charge is -2.26. The largest absolute Gasteiger partial charge is 0.379 e. The maximum Gasteiger partial charge on any atom is 0.191 e. The molecule has 1 unspecified atom stereocenters. The number of ether oxygens (including phenoxy) is 2. The van der Waals surface area contributed by atoms with Gasteiger partial charge >= 0.3 is 0 Å². The van der Waals surface area contributed by atoms with Gasteiger partial charge in [0.05, 0.1) is 19.3 Å². The third-order valence-electron chi connectivity index (χ3n) is 4.74. The van der Waals surface area contributed by atoms with E-state index in [-0.39, 0.29) is 0 Å². The predicted molar refractivity (Wildman–Crippen MR) is 99.7 cm³/mol. The Balaban J connectivity index is 1.40. The van der Waals surface area contributed by atoms with Crippen molar-refractivity contribution in [1.29, 1.82) is 0 Å². The fourth-order valence-corrected chi connectivity index (χ4v) is 3.20. The molecule has 2 saturated heterocycles. The fourth-order valence-electron chi connectivity index (χ4n) is 3.20. The highest BCUT2D eigenvalue weighted by Crippen LogP contribution is 2.11. The first-order valence-corrected chi connectivity index (χ1v) is 9.27. The molecule has 2 aliphatic rings. The van der Waals surface area contributed by atoms with Gasteiger partial charge in [0.2, 0.25) is 0 Å². The minimum absolute atomic E-state index is 0.318. The number of hydrogen-bond acceptors (Lipinski definition) is 4. The number of aliphatic imine (C=N–C) groups is 1. The van der Waals surface area contributed by atoms with Crippen LogP contribution in [0.3, 0.4) is 0 Å². The number of nitrogens with zero attached hydrogens (tertiary/aromatic N) is 2. The standard InChI is InChI=1S/C19H30N4O2/c1-20-19(22-14-18-3-2-10-25-18)21-13-16-4-6-17(7-5-16)15-23-8-11-24-12-9-23/h4-7,18H,2-3,8-15H2,1H3,(H2,20,21,22). The second-order valence-electron chi connectivity index (χ2n) is 6.65. The Kier molecular flexibility index (Phi) is 7.09. The lowest BCUT2D eigenvalue weighted by atomic mass is 10.1. The molecule has 6 heteroatoms. The Morgan fingerprint density at radius 3 is 2.56 bits per heavy atom. The summed E-state index contributed by atoms with van der Waals surface area (Å²) in [6, 6.07) is 8.82. The number of morpholine rings is 1. The second-order valence-corrected chi connectivity index (χ2v) is 6.65. The zero-order valence-corrected chi connectivity index (χ0v) is 15.2. The smallest absolute Gasteiger partial charge is 0.191 e. The molecule has 0 amide bonds. The van der Waals surface area contributed by atoms with Crippen LogP contribution < -0.4 is 10.6 Å². The van der Waals surface area contributed by atoms with E-state index in [0.29, 0.717) is 6.10 Å². The summed E-state index contributed by atoms with van der Waals surface area (Å²) in [4.78, 5) is 6.72. The summed E-state index contributed by atoms with van der Waals surface area (Å²) in [7, 11) is 1.80. The molecular formula is C19H30N4O2. The van der Waals surface area contributed by atoms with Gasteiger partial charge in [0, 0.05) is 46.4 Å². The van der Waals surface area contributed by atoms with E-state index in [1.54, 1.807) is 7.05 Å². The molecule has 0 saturated carbocycles. The van der Waals surface area contributed by atoms with Crippen LogP contribution in [0.4, 0.5) is 0 Å². The molecule has 0 bridgehead atoms. The first-order chi connectivity index (χ1) is 12.3. The summed E-state index contributed by atoms with van der Waals surface area (Å²) in [5.74, 6) is 0.827. The van der Waals surface area contributed by atoms with E-state index in [1.165, 1.54) is 11.1 Å². The number of nitrogens with one attached hydrogen (secondary N) is 2. The molecule has 2 heterocycles. The molecule has 1 aromatic rings. The summed E-state index contributed by atoms with van der Waals surface area (Å²) in [6.07, 6.45) is 2.61. The third-order valence-corrected chi connectivity index (χ3v) is 4.74. The quantitative estimate of drug-likeness (QED) is 0.602. The zero-order valence-electron chi connectivity index (χ0n) is 15.2. The van der Waals surface area contributed by atoms with Crippen LogP contribution in [0.25, 0.3) is 0 Å². The third kappa shape index (κ3) is 5.99. The van der Waals surface area contributed by atoms with E-state index in [2.05, 4.69) is 44.8 Å².